The maximum absolute atomic E-state index is 12.7. The van der Waals surface area contributed by atoms with Gasteiger partial charge in [0.2, 0.25) is 11.7 Å². The van der Waals surface area contributed by atoms with E-state index in [9.17, 15) is 4.79 Å². The Bertz CT molecular complexity index is 1440. The van der Waals surface area contributed by atoms with Gasteiger partial charge in [0.15, 0.2) is 28.5 Å². The van der Waals surface area contributed by atoms with Gasteiger partial charge < -0.3 is 40.0 Å². The van der Waals surface area contributed by atoms with Crippen molar-refractivity contribution in [3.63, 3.8) is 0 Å². The fourth-order valence-electron chi connectivity index (χ4n) is 6.67. The first-order chi connectivity index (χ1) is 21.9. The number of hydrogen-bond donors (Lipinski definition) is 4. The van der Waals surface area contributed by atoms with E-state index in [4.69, 9.17) is 39.7 Å². The molecule has 3 aliphatic rings. The molecule has 2 saturated carbocycles. The highest BCUT2D eigenvalue weighted by Crippen LogP contribution is 2.40. The maximum Gasteiger partial charge on any atom is 0.430 e. The third kappa shape index (κ3) is 7.12. The largest absolute Gasteiger partial charge is 0.493 e. The average molecular weight is 624 g/mol. The molecule has 1 saturated heterocycles. The minimum Gasteiger partial charge on any atom is -0.493 e. The van der Waals surface area contributed by atoms with Crippen LogP contribution in [0.1, 0.15) is 70.3 Å². The standard InChI is InChI=1S/C31H45N9O5/c1-42-24-16-22(17-25(43-2)27(24)44-3)36-31(41)45-39-14-12-21(13-15-39)34-28-26-29(40(18-33-26)23-6-4-5-7-23)38-30(37-28)35-20-10-8-19(32)9-11-20/h16-21,23H,4-15,32H2,1-3H3,(H,36,41)(H2,34,35,37,38). The first kappa shape index (κ1) is 31.0. The van der Waals surface area contributed by atoms with Gasteiger partial charge in [-0.05, 0) is 51.4 Å². The summed E-state index contributed by atoms with van der Waals surface area (Å²) in [4.78, 5) is 33.0. The summed E-state index contributed by atoms with van der Waals surface area (Å²) in [5.74, 6) is 2.70. The minimum atomic E-state index is -0.593. The predicted molar refractivity (Wildman–Crippen MR) is 171 cm³/mol. The smallest absolute Gasteiger partial charge is 0.430 e. The van der Waals surface area contributed by atoms with Crippen LogP contribution in [0.15, 0.2) is 18.5 Å². The highest BCUT2D eigenvalue weighted by molar-refractivity contribution is 5.86. The molecule has 3 heterocycles. The molecule has 1 aliphatic heterocycles. The van der Waals surface area contributed by atoms with E-state index < -0.39 is 6.09 Å². The molecule has 0 atom stereocenters. The zero-order valence-corrected chi connectivity index (χ0v) is 26.4. The van der Waals surface area contributed by atoms with E-state index in [0.29, 0.717) is 54.1 Å². The Morgan fingerprint density at radius 2 is 1.53 bits per heavy atom. The third-order valence-corrected chi connectivity index (χ3v) is 9.16. The minimum absolute atomic E-state index is 0.137. The van der Waals surface area contributed by atoms with Crippen LogP contribution >= 0.6 is 0 Å². The summed E-state index contributed by atoms with van der Waals surface area (Å²) < 4.78 is 18.3. The number of carbonyl (C=O) groups excluding carboxylic acids is 1. The highest BCUT2D eigenvalue weighted by atomic mass is 16.7. The molecule has 244 valence electrons. The monoisotopic (exact) mass is 623 g/mol. The van der Waals surface area contributed by atoms with Crippen LogP contribution in [0.25, 0.3) is 11.2 Å². The molecule has 14 heteroatoms. The van der Waals surface area contributed by atoms with Crippen LogP contribution in [-0.4, -0.2) is 83.2 Å². The van der Waals surface area contributed by atoms with Crippen LogP contribution in [0.5, 0.6) is 17.2 Å². The second-order valence-corrected chi connectivity index (χ2v) is 12.2. The van der Waals surface area contributed by atoms with Gasteiger partial charge in [0.05, 0.1) is 33.3 Å². The third-order valence-electron chi connectivity index (χ3n) is 9.16. The number of ether oxygens (including phenoxy) is 3. The van der Waals surface area contributed by atoms with E-state index in [1.165, 1.54) is 34.2 Å². The van der Waals surface area contributed by atoms with Crippen LogP contribution in [0.3, 0.4) is 0 Å². The van der Waals surface area contributed by atoms with Crippen molar-refractivity contribution in [2.75, 3.05) is 50.4 Å². The molecule has 0 spiro atoms. The number of piperidine rings is 1. The van der Waals surface area contributed by atoms with E-state index in [1.807, 2.05) is 6.33 Å². The number of methoxy groups -OCH3 is 3. The Hall–Kier alpha value is -4.04. The lowest BCUT2D eigenvalue weighted by Gasteiger charge is -2.31. The summed E-state index contributed by atoms with van der Waals surface area (Å²) in [5, 5.41) is 11.7. The number of hydroxylamine groups is 2. The molecule has 3 fully saturated rings. The summed E-state index contributed by atoms with van der Waals surface area (Å²) in [6, 6.07) is 4.46. The van der Waals surface area contributed by atoms with Gasteiger partial charge in [-0.15, -0.1) is 5.06 Å². The molecule has 2 aliphatic carbocycles. The molecule has 0 bridgehead atoms. The van der Waals surface area contributed by atoms with E-state index in [0.717, 1.165) is 68.3 Å². The first-order valence-corrected chi connectivity index (χ1v) is 16.0. The van der Waals surface area contributed by atoms with Crippen molar-refractivity contribution < 1.29 is 23.8 Å². The molecular formula is C31H45N9O5. The van der Waals surface area contributed by atoms with Crippen LogP contribution in [0.4, 0.5) is 22.2 Å². The molecule has 45 heavy (non-hydrogen) atoms. The van der Waals surface area contributed by atoms with Gasteiger partial charge in [-0.2, -0.15) is 9.97 Å². The molecule has 3 aromatic rings. The number of imidazole rings is 1. The van der Waals surface area contributed by atoms with Gasteiger partial charge >= 0.3 is 6.09 Å². The van der Waals surface area contributed by atoms with Gasteiger partial charge in [-0.1, -0.05) is 12.8 Å². The number of benzene rings is 1. The summed E-state index contributed by atoms with van der Waals surface area (Å²) in [6.07, 6.45) is 11.6. The molecule has 1 amide bonds. The second-order valence-electron chi connectivity index (χ2n) is 12.2. The number of rotatable bonds is 10. The molecule has 14 nitrogen and oxygen atoms in total. The number of nitrogens with one attached hydrogen (secondary N) is 3. The van der Waals surface area contributed by atoms with Crippen molar-refractivity contribution in [3.8, 4) is 17.2 Å². The van der Waals surface area contributed by atoms with Crippen LogP contribution in [-0.2, 0) is 4.84 Å². The van der Waals surface area contributed by atoms with Gasteiger partial charge in [-0.3, -0.25) is 5.32 Å². The lowest BCUT2D eigenvalue weighted by atomic mass is 9.92. The summed E-state index contributed by atoms with van der Waals surface area (Å²) in [7, 11) is 4.58. The van der Waals surface area contributed by atoms with Gasteiger partial charge in [0, 0.05) is 49.4 Å². The van der Waals surface area contributed by atoms with Crippen LogP contribution in [0, 0.1) is 0 Å². The zero-order valence-electron chi connectivity index (χ0n) is 26.4. The van der Waals surface area contributed by atoms with Crippen molar-refractivity contribution in [2.45, 2.75) is 88.4 Å². The molecule has 5 N–H and O–H groups in total. The van der Waals surface area contributed by atoms with Crippen LogP contribution in [0.2, 0.25) is 0 Å². The highest BCUT2D eigenvalue weighted by Gasteiger charge is 2.27. The fraction of sp³-hybridized carbons (Fsp3) is 0.613. The number of nitrogens with two attached hydrogens (primary N) is 1. The predicted octanol–water partition coefficient (Wildman–Crippen LogP) is 4.69. The summed E-state index contributed by atoms with van der Waals surface area (Å²) in [6.45, 7) is 1.14. The molecule has 6 rings (SSSR count). The topological polar surface area (TPSA) is 163 Å². The first-order valence-electron chi connectivity index (χ1n) is 16.0. The molecular weight excluding hydrogens is 578 g/mol. The SMILES string of the molecule is COc1cc(NC(=O)ON2CCC(Nc3nc(NC4CCC(N)CC4)nc4c3ncn4C3CCCC3)CC2)cc(OC)c1OC. The van der Waals surface area contributed by atoms with E-state index in [1.54, 1.807) is 17.2 Å². The number of anilines is 3. The number of nitrogens with zero attached hydrogens (tertiary/aromatic N) is 5. The zero-order chi connectivity index (χ0) is 31.3. The van der Waals surface area contributed by atoms with Crippen molar-refractivity contribution in [2.24, 2.45) is 5.73 Å². The number of fused-ring (bicyclic) bond motifs is 1. The van der Waals surface area contributed by atoms with E-state index in [2.05, 4.69) is 20.5 Å². The Morgan fingerprint density at radius 3 is 2.18 bits per heavy atom. The number of hydrogen-bond acceptors (Lipinski definition) is 12. The van der Waals surface area contributed by atoms with Crippen molar-refractivity contribution in [3.05, 3.63) is 18.5 Å². The van der Waals surface area contributed by atoms with Crippen molar-refractivity contribution in [1.82, 2.24) is 24.6 Å². The average Bonchev–Trinajstić information content (AvgIpc) is 3.73. The number of aromatic nitrogens is 4. The fourth-order valence-corrected chi connectivity index (χ4v) is 6.67. The normalized spacial score (nSPS) is 21.4. The quantitative estimate of drug-likeness (QED) is 0.247. The van der Waals surface area contributed by atoms with Gasteiger partial charge in [0.1, 0.15) is 0 Å². The van der Waals surface area contributed by atoms with E-state index >= 15 is 0 Å². The summed E-state index contributed by atoms with van der Waals surface area (Å²) in [5.41, 5.74) is 8.28. The molecule has 0 unspecified atom stereocenters. The Kier molecular flexibility index (Phi) is 9.59. The van der Waals surface area contributed by atoms with Gasteiger partial charge in [0.25, 0.3) is 0 Å². The molecule has 1 aromatic carbocycles. The van der Waals surface area contributed by atoms with Gasteiger partial charge in [-0.25, -0.2) is 9.78 Å². The summed E-state index contributed by atoms with van der Waals surface area (Å²) >= 11 is 0. The second kappa shape index (κ2) is 13.9. The number of carbonyl (C=O) groups is 1. The lowest BCUT2D eigenvalue weighted by molar-refractivity contribution is -0.106. The van der Waals surface area contributed by atoms with Crippen molar-refractivity contribution in [1.29, 1.82) is 0 Å². The Morgan fingerprint density at radius 1 is 0.867 bits per heavy atom. The van der Waals surface area contributed by atoms with Crippen LogP contribution < -0.4 is 35.9 Å². The molecule has 0 radical (unpaired) electrons. The van der Waals surface area contributed by atoms with E-state index in [-0.39, 0.29) is 12.1 Å². The maximum atomic E-state index is 12.7. The van der Waals surface area contributed by atoms with Crippen molar-refractivity contribution >= 4 is 34.7 Å². The Labute approximate surface area is 263 Å². The molecule has 2 aromatic heterocycles. The Balaban J connectivity index is 1.10. The number of amides is 1. The lowest BCUT2D eigenvalue weighted by Crippen LogP contribution is -2.41.